The summed E-state index contributed by atoms with van der Waals surface area (Å²) in [4.78, 5) is 45.4. The predicted molar refractivity (Wildman–Crippen MR) is 127 cm³/mol. The molecule has 4 rings (SSSR count). The smallest absolute Gasteiger partial charge is 0.295 e. The molecule has 9 nitrogen and oxygen atoms in total. The van der Waals surface area contributed by atoms with E-state index in [0.717, 1.165) is 37.0 Å². The lowest BCUT2D eigenvalue weighted by atomic mass is 9.43. The van der Waals surface area contributed by atoms with Crippen LogP contribution in [0.25, 0.3) is 0 Å². The third kappa shape index (κ3) is 3.91. The van der Waals surface area contributed by atoms with Crippen molar-refractivity contribution in [2.75, 3.05) is 6.61 Å². The maximum absolute atomic E-state index is 12.2. The molecule has 4 aliphatic rings. The third-order valence-electron chi connectivity index (χ3n) is 10.00. The van der Waals surface area contributed by atoms with E-state index >= 15 is 0 Å². The van der Waals surface area contributed by atoms with Crippen LogP contribution in [-0.4, -0.2) is 33.0 Å². The average molecular weight is 495 g/mol. The number of hydrogen-bond acceptors (Lipinski definition) is 8. The number of thiocarbonyl (C=S) groups is 1. The van der Waals surface area contributed by atoms with Crippen LogP contribution in [0.2, 0.25) is 0 Å². The lowest BCUT2D eigenvalue weighted by molar-refractivity contribution is -0.787. The van der Waals surface area contributed by atoms with E-state index in [9.17, 15) is 25.0 Å². The number of rotatable bonds is 8. The summed E-state index contributed by atoms with van der Waals surface area (Å²) in [5.41, 5.74) is -0.256. The highest BCUT2D eigenvalue weighted by Gasteiger charge is 2.67. The Bertz CT molecular complexity index is 938. The molecule has 7 atom stereocenters. The van der Waals surface area contributed by atoms with Gasteiger partial charge in [0.05, 0.1) is 6.61 Å². The molecular weight excluding hydrogens is 460 g/mol. The van der Waals surface area contributed by atoms with Crippen molar-refractivity contribution >= 4 is 22.9 Å². The van der Waals surface area contributed by atoms with Gasteiger partial charge in [0, 0.05) is 11.8 Å². The maximum Gasteiger partial charge on any atom is 0.295 e. The van der Waals surface area contributed by atoms with Gasteiger partial charge in [0.2, 0.25) is 0 Å². The van der Waals surface area contributed by atoms with Crippen molar-refractivity contribution in [1.29, 1.82) is 0 Å². The summed E-state index contributed by atoms with van der Waals surface area (Å²) in [5.74, 6) is 1.19. The van der Waals surface area contributed by atoms with E-state index in [1.165, 1.54) is 5.57 Å². The van der Waals surface area contributed by atoms with Gasteiger partial charge in [0.25, 0.3) is 10.2 Å². The molecular formula is C24H34N2O7S. The zero-order valence-corrected chi connectivity index (χ0v) is 20.9. The van der Waals surface area contributed by atoms with Crippen LogP contribution in [0.1, 0.15) is 78.6 Å². The van der Waals surface area contributed by atoms with Gasteiger partial charge in [-0.15, -0.1) is 20.2 Å². The Kier molecular flexibility index (Phi) is 6.50. The summed E-state index contributed by atoms with van der Waals surface area (Å²) in [6.07, 6.45) is 7.73. The SMILES string of the molecule is CC(=S)[C@@H]1CC2=CC(=O)CC[C@]2(C)[C@H]2CC[C@@]3(C)[C@@H](CC[C@]3(CCCO[N+](=O)[O-])O[N+](=O)[O-])[C@H]12. The van der Waals surface area contributed by atoms with Crippen molar-refractivity contribution in [3.63, 3.8) is 0 Å². The van der Waals surface area contributed by atoms with Gasteiger partial charge < -0.3 is 9.68 Å². The lowest BCUT2D eigenvalue weighted by Gasteiger charge is -2.61. The van der Waals surface area contributed by atoms with Crippen LogP contribution in [0, 0.1) is 54.7 Å². The molecule has 10 heteroatoms. The minimum absolute atomic E-state index is 0.0457. The highest BCUT2D eigenvalue weighted by atomic mass is 32.1. The van der Waals surface area contributed by atoms with E-state index in [-0.39, 0.29) is 35.6 Å². The second-order valence-corrected chi connectivity index (χ2v) is 11.9. The van der Waals surface area contributed by atoms with Crippen molar-refractivity contribution in [3.05, 3.63) is 31.9 Å². The molecule has 0 aromatic heterocycles. The van der Waals surface area contributed by atoms with Gasteiger partial charge in [-0.3, -0.25) is 4.79 Å². The molecule has 0 bridgehead atoms. The molecule has 0 radical (unpaired) electrons. The number of carbonyl (C=O) groups excluding carboxylic acids is 1. The average Bonchev–Trinajstić information content (AvgIpc) is 3.03. The normalized spacial score (nSPS) is 40.9. The number of nitrogens with zero attached hydrogens (tertiary/aromatic N) is 2. The van der Waals surface area contributed by atoms with Gasteiger partial charge in [0.1, 0.15) is 5.60 Å². The molecule has 4 aliphatic carbocycles. The topological polar surface area (TPSA) is 122 Å². The van der Waals surface area contributed by atoms with Gasteiger partial charge in [-0.25, -0.2) is 0 Å². The first kappa shape index (κ1) is 25.0. The quantitative estimate of drug-likeness (QED) is 0.198. The molecule has 0 spiro atoms. The zero-order valence-electron chi connectivity index (χ0n) is 20.1. The van der Waals surface area contributed by atoms with E-state index in [0.29, 0.717) is 31.6 Å². The number of ketones is 1. The molecule has 34 heavy (non-hydrogen) atoms. The minimum atomic E-state index is -0.994. The van der Waals surface area contributed by atoms with Crippen molar-refractivity contribution in [2.24, 2.45) is 34.5 Å². The summed E-state index contributed by atoms with van der Waals surface area (Å²) in [6.45, 7) is 6.30. The monoisotopic (exact) mass is 494 g/mol. The number of carbonyl (C=O) groups is 1. The number of hydrogen-bond donors (Lipinski definition) is 0. The first-order chi connectivity index (χ1) is 15.9. The van der Waals surface area contributed by atoms with Crippen LogP contribution >= 0.6 is 12.2 Å². The van der Waals surface area contributed by atoms with Crippen LogP contribution in [0.15, 0.2) is 11.6 Å². The first-order valence-corrected chi connectivity index (χ1v) is 12.7. The largest absolute Gasteiger partial charge is 0.314 e. The first-order valence-electron chi connectivity index (χ1n) is 12.3. The fourth-order valence-electron chi connectivity index (χ4n) is 8.32. The standard InChI is InChI=1S/C24H34N2O7S/c1-15(34)18-14-16-13-17(27)5-9-22(16,2)19-6-10-23(3)20(21(18)19)7-11-24(23,33-26(30)31)8-4-12-32-25(28)29/h13,18-21H,4-12,14H2,1-3H3/t18-,19-,20-,21+,22-,23-,24-/m0/s1. The van der Waals surface area contributed by atoms with Crippen LogP contribution in [0.5, 0.6) is 0 Å². The molecule has 3 fully saturated rings. The van der Waals surface area contributed by atoms with Crippen molar-refractivity contribution in [1.82, 2.24) is 0 Å². The van der Waals surface area contributed by atoms with Crippen LogP contribution in [-0.2, 0) is 14.5 Å². The van der Waals surface area contributed by atoms with Gasteiger partial charge in [-0.2, -0.15) is 0 Å². The lowest BCUT2D eigenvalue weighted by Crippen LogP contribution is -2.58. The van der Waals surface area contributed by atoms with E-state index in [1.54, 1.807) is 0 Å². The highest BCUT2D eigenvalue weighted by Crippen LogP contribution is 2.70. The van der Waals surface area contributed by atoms with Crippen LogP contribution in [0.3, 0.4) is 0 Å². The van der Waals surface area contributed by atoms with Crippen molar-refractivity contribution in [2.45, 2.75) is 84.2 Å². The molecule has 0 aromatic carbocycles. The molecule has 0 heterocycles. The maximum atomic E-state index is 12.2. The van der Waals surface area contributed by atoms with E-state index in [2.05, 4.69) is 18.7 Å². The molecule has 0 unspecified atom stereocenters. The molecule has 188 valence electrons. The van der Waals surface area contributed by atoms with Gasteiger partial charge in [-0.05, 0) is 98.3 Å². The summed E-state index contributed by atoms with van der Waals surface area (Å²) in [7, 11) is 0. The van der Waals surface area contributed by atoms with E-state index in [1.807, 2.05) is 13.0 Å². The summed E-state index contributed by atoms with van der Waals surface area (Å²) in [6, 6.07) is 0. The summed E-state index contributed by atoms with van der Waals surface area (Å²) < 4.78 is 0. The second kappa shape index (κ2) is 8.84. The Morgan fingerprint density at radius 1 is 1.15 bits per heavy atom. The predicted octanol–water partition coefficient (Wildman–Crippen LogP) is 5.07. The van der Waals surface area contributed by atoms with E-state index in [4.69, 9.17) is 17.1 Å². The van der Waals surface area contributed by atoms with Crippen molar-refractivity contribution in [3.8, 4) is 0 Å². The van der Waals surface area contributed by atoms with Gasteiger partial charge >= 0.3 is 0 Å². The fourth-order valence-corrected chi connectivity index (χ4v) is 8.56. The number of allylic oxidation sites excluding steroid dienone is 1. The molecule has 0 N–H and O–H groups in total. The number of fused-ring (bicyclic) bond motifs is 5. The second-order valence-electron chi connectivity index (χ2n) is 11.2. The molecule has 0 aliphatic heterocycles. The van der Waals surface area contributed by atoms with Crippen LogP contribution < -0.4 is 0 Å². The zero-order chi connectivity index (χ0) is 24.9. The fraction of sp³-hybridized carbons (Fsp3) is 0.833. The van der Waals surface area contributed by atoms with E-state index < -0.39 is 21.2 Å². The Balaban J connectivity index is 1.69. The van der Waals surface area contributed by atoms with Crippen LogP contribution in [0.4, 0.5) is 0 Å². The molecule has 0 amide bonds. The third-order valence-corrected chi connectivity index (χ3v) is 10.3. The Morgan fingerprint density at radius 3 is 2.50 bits per heavy atom. The van der Waals surface area contributed by atoms with Gasteiger partial charge in [0.15, 0.2) is 5.78 Å². The minimum Gasteiger partial charge on any atom is -0.314 e. The summed E-state index contributed by atoms with van der Waals surface area (Å²) in [5, 5.41) is 20.7. The van der Waals surface area contributed by atoms with Gasteiger partial charge in [-0.1, -0.05) is 31.6 Å². The molecule has 3 saturated carbocycles. The van der Waals surface area contributed by atoms with Crippen molar-refractivity contribution < 1.29 is 24.6 Å². The Morgan fingerprint density at radius 2 is 1.85 bits per heavy atom. The molecule has 0 saturated heterocycles. The Hall–Kier alpha value is -2.10. The Labute approximate surface area is 204 Å². The highest BCUT2D eigenvalue weighted by molar-refractivity contribution is 7.80. The summed E-state index contributed by atoms with van der Waals surface area (Å²) >= 11 is 5.74. The molecule has 0 aromatic rings.